The Hall–Kier alpha value is -0.520. The molecule has 17 heavy (non-hydrogen) atoms. The Kier molecular flexibility index (Phi) is 3.80. The lowest BCUT2D eigenvalue weighted by molar-refractivity contribution is 0.0355. The van der Waals surface area contributed by atoms with Gasteiger partial charge in [-0.05, 0) is 43.1 Å². The van der Waals surface area contributed by atoms with E-state index in [1.807, 2.05) is 0 Å². The van der Waals surface area contributed by atoms with Crippen LogP contribution in [0.15, 0.2) is 16.9 Å². The van der Waals surface area contributed by atoms with Crippen molar-refractivity contribution in [3.8, 4) is 0 Å². The Labute approximate surface area is 110 Å². The van der Waals surface area contributed by atoms with E-state index in [1.54, 1.807) is 12.4 Å². The Morgan fingerprint density at radius 3 is 2.65 bits per heavy atom. The van der Waals surface area contributed by atoms with Gasteiger partial charge in [0.1, 0.15) is 5.82 Å². The molecule has 0 bridgehead atoms. The van der Waals surface area contributed by atoms with Gasteiger partial charge >= 0.3 is 0 Å². The zero-order valence-electron chi connectivity index (χ0n) is 10.4. The molecule has 0 aliphatic carbocycles. The lowest BCUT2D eigenvalue weighted by Gasteiger charge is -2.18. The number of ether oxygens (including phenoxy) is 1. The summed E-state index contributed by atoms with van der Waals surface area (Å²) in [7, 11) is 0. The molecule has 0 saturated carbocycles. The molecule has 1 fully saturated rings. The van der Waals surface area contributed by atoms with Crippen molar-refractivity contribution >= 4 is 15.9 Å². The van der Waals surface area contributed by atoms with E-state index in [0.29, 0.717) is 6.04 Å². The van der Waals surface area contributed by atoms with Crippen LogP contribution in [0.1, 0.15) is 39.1 Å². The van der Waals surface area contributed by atoms with Gasteiger partial charge in [-0.2, -0.15) is 0 Å². The first-order chi connectivity index (χ1) is 7.96. The molecule has 0 aromatic carbocycles. The molecule has 2 heterocycles. The average molecular weight is 300 g/mol. The summed E-state index contributed by atoms with van der Waals surface area (Å²) >= 11 is 3.33. The van der Waals surface area contributed by atoms with Crippen LogP contribution in [0.4, 0.5) is 0 Å². The van der Waals surface area contributed by atoms with Gasteiger partial charge in [-0.1, -0.05) is 0 Å². The zero-order chi connectivity index (χ0) is 12.5. The molecule has 1 aliphatic heterocycles. The Morgan fingerprint density at radius 1 is 1.47 bits per heavy atom. The summed E-state index contributed by atoms with van der Waals surface area (Å²) in [6.07, 6.45) is 4.57. The van der Waals surface area contributed by atoms with Crippen molar-refractivity contribution < 1.29 is 4.74 Å². The van der Waals surface area contributed by atoms with Gasteiger partial charge in [-0.3, -0.25) is 0 Å². The van der Waals surface area contributed by atoms with E-state index in [-0.39, 0.29) is 11.6 Å². The third-order valence-electron chi connectivity index (χ3n) is 2.93. The fourth-order valence-corrected chi connectivity index (χ4v) is 2.32. The molecule has 1 saturated heterocycles. The average Bonchev–Trinajstić information content (AvgIpc) is 2.59. The standard InChI is InChI=1S/C12H18BrN3O/c1-8(11-14-5-9(13)6-15-11)16-10-4-12(2,3)17-7-10/h5-6,8,10,16H,4,7H2,1-3H3. The molecule has 0 radical (unpaired) electrons. The van der Waals surface area contributed by atoms with E-state index >= 15 is 0 Å². The summed E-state index contributed by atoms with van der Waals surface area (Å²) in [5, 5.41) is 3.50. The molecular weight excluding hydrogens is 282 g/mol. The molecule has 1 aromatic heterocycles. The predicted molar refractivity (Wildman–Crippen MR) is 69.7 cm³/mol. The van der Waals surface area contributed by atoms with Crippen molar-refractivity contribution in [1.82, 2.24) is 15.3 Å². The minimum atomic E-state index is -0.0159. The van der Waals surface area contributed by atoms with Crippen LogP contribution in [0.3, 0.4) is 0 Å². The SMILES string of the molecule is CC(NC1COC(C)(C)C1)c1ncc(Br)cn1. The first kappa shape index (κ1) is 12.9. The summed E-state index contributed by atoms with van der Waals surface area (Å²) in [5.41, 5.74) is -0.0159. The van der Waals surface area contributed by atoms with Gasteiger partial charge in [0.25, 0.3) is 0 Å². The largest absolute Gasteiger partial charge is 0.374 e. The van der Waals surface area contributed by atoms with Gasteiger partial charge in [-0.25, -0.2) is 9.97 Å². The molecule has 4 nitrogen and oxygen atoms in total. The van der Waals surface area contributed by atoms with E-state index in [4.69, 9.17) is 4.74 Å². The zero-order valence-corrected chi connectivity index (χ0v) is 12.0. The maximum atomic E-state index is 5.70. The van der Waals surface area contributed by atoms with Gasteiger partial charge in [0, 0.05) is 18.4 Å². The van der Waals surface area contributed by atoms with Crippen molar-refractivity contribution in [3.63, 3.8) is 0 Å². The number of nitrogens with one attached hydrogen (secondary N) is 1. The van der Waals surface area contributed by atoms with Crippen LogP contribution < -0.4 is 5.32 Å². The van der Waals surface area contributed by atoms with Crippen LogP contribution in [0, 0.1) is 0 Å². The lowest BCUT2D eigenvalue weighted by atomic mass is 10.0. The summed E-state index contributed by atoms with van der Waals surface area (Å²) in [6.45, 7) is 7.08. The van der Waals surface area contributed by atoms with Gasteiger partial charge < -0.3 is 10.1 Å². The van der Waals surface area contributed by atoms with Crippen LogP contribution in [0.5, 0.6) is 0 Å². The molecule has 0 amide bonds. The lowest BCUT2D eigenvalue weighted by Crippen LogP contribution is -2.33. The van der Waals surface area contributed by atoms with Crippen LogP contribution in [-0.2, 0) is 4.74 Å². The molecule has 5 heteroatoms. The van der Waals surface area contributed by atoms with E-state index < -0.39 is 0 Å². The molecular formula is C12H18BrN3O. The number of aromatic nitrogens is 2. The van der Waals surface area contributed by atoms with Crippen molar-refractivity contribution in [2.24, 2.45) is 0 Å². The Morgan fingerprint density at radius 2 is 2.12 bits per heavy atom. The first-order valence-corrected chi connectivity index (χ1v) is 6.63. The monoisotopic (exact) mass is 299 g/mol. The second kappa shape index (κ2) is 5.00. The molecule has 2 rings (SSSR count). The van der Waals surface area contributed by atoms with Crippen LogP contribution in [0.2, 0.25) is 0 Å². The minimum absolute atomic E-state index is 0.0159. The maximum absolute atomic E-state index is 5.70. The van der Waals surface area contributed by atoms with Gasteiger partial charge in [0.2, 0.25) is 0 Å². The Bertz CT molecular complexity index is 380. The molecule has 1 aliphatic rings. The summed E-state index contributed by atoms with van der Waals surface area (Å²) in [5.74, 6) is 0.818. The molecule has 2 unspecified atom stereocenters. The van der Waals surface area contributed by atoms with Crippen molar-refractivity contribution in [3.05, 3.63) is 22.7 Å². The highest BCUT2D eigenvalue weighted by molar-refractivity contribution is 9.10. The summed E-state index contributed by atoms with van der Waals surface area (Å²) in [6, 6.07) is 0.526. The van der Waals surface area contributed by atoms with Gasteiger partial charge in [-0.15, -0.1) is 0 Å². The molecule has 94 valence electrons. The number of nitrogens with zero attached hydrogens (tertiary/aromatic N) is 2. The minimum Gasteiger partial charge on any atom is -0.374 e. The van der Waals surface area contributed by atoms with Gasteiger partial charge in [0.15, 0.2) is 0 Å². The second-order valence-corrected chi connectivity index (χ2v) is 6.04. The highest BCUT2D eigenvalue weighted by atomic mass is 79.9. The third-order valence-corrected chi connectivity index (χ3v) is 3.34. The maximum Gasteiger partial charge on any atom is 0.144 e. The van der Waals surface area contributed by atoms with Crippen LogP contribution in [-0.4, -0.2) is 28.2 Å². The molecule has 1 aromatic rings. The highest BCUT2D eigenvalue weighted by Gasteiger charge is 2.32. The van der Waals surface area contributed by atoms with Crippen LogP contribution >= 0.6 is 15.9 Å². The second-order valence-electron chi connectivity index (χ2n) is 5.12. The van der Waals surface area contributed by atoms with E-state index in [2.05, 4.69) is 52.0 Å². The quantitative estimate of drug-likeness (QED) is 0.931. The van der Waals surface area contributed by atoms with Crippen LogP contribution in [0.25, 0.3) is 0 Å². The fourth-order valence-electron chi connectivity index (χ4n) is 2.12. The van der Waals surface area contributed by atoms with Crippen molar-refractivity contribution in [2.45, 2.75) is 44.9 Å². The van der Waals surface area contributed by atoms with Crippen molar-refractivity contribution in [1.29, 1.82) is 0 Å². The fraction of sp³-hybridized carbons (Fsp3) is 0.667. The molecule has 1 N–H and O–H groups in total. The van der Waals surface area contributed by atoms with E-state index in [0.717, 1.165) is 23.3 Å². The topological polar surface area (TPSA) is 47.0 Å². The third kappa shape index (κ3) is 3.47. The van der Waals surface area contributed by atoms with E-state index in [9.17, 15) is 0 Å². The normalized spacial score (nSPS) is 24.8. The number of rotatable bonds is 3. The summed E-state index contributed by atoms with van der Waals surface area (Å²) < 4.78 is 6.60. The first-order valence-electron chi connectivity index (χ1n) is 5.84. The van der Waals surface area contributed by atoms with E-state index in [1.165, 1.54) is 0 Å². The highest BCUT2D eigenvalue weighted by Crippen LogP contribution is 2.25. The van der Waals surface area contributed by atoms with Crippen molar-refractivity contribution in [2.75, 3.05) is 6.61 Å². The number of hydrogen-bond donors (Lipinski definition) is 1. The molecule has 2 atom stereocenters. The van der Waals surface area contributed by atoms with Gasteiger partial charge in [0.05, 0.1) is 22.7 Å². The predicted octanol–water partition coefficient (Wildman–Crippen LogP) is 2.46. The molecule has 0 spiro atoms. The smallest absolute Gasteiger partial charge is 0.144 e. The summed E-state index contributed by atoms with van der Waals surface area (Å²) in [4.78, 5) is 8.59. The number of hydrogen-bond acceptors (Lipinski definition) is 4. The number of halogens is 1. The Balaban J connectivity index is 1.93.